The zero-order chi connectivity index (χ0) is 14.6. The molecule has 0 saturated heterocycles. The number of carbonyl (C=O) groups is 2. The molecular formula is C14H20N2O3S. The topological polar surface area (TPSA) is 67.4 Å². The zero-order valence-corrected chi connectivity index (χ0v) is 12.4. The Bertz CT molecular complexity index is 412. The highest BCUT2D eigenvalue weighted by molar-refractivity contribution is 7.99. The maximum absolute atomic E-state index is 11.5. The van der Waals surface area contributed by atoms with E-state index in [2.05, 4.69) is 10.6 Å². The lowest BCUT2D eigenvalue weighted by Gasteiger charge is -2.06. The van der Waals surface area contributed by atoms with Gasteiger partial charge >= 0.3 is 0 Å². The van der Waals surface area contributed by atoms with Crippen molar-refractivity contribution in [3.63, 3.8) is 0 Å². The summed E-state index contributed by atoms with van der Waals surface area (Å²) in [5.41, 5.74) is 0. The molecule has 0 aromatic heterocycles. The van der Waals surface area contributed by atoms with E-state index in [-0.39, 0.29) is 18.4 Å². The molecule has 0 aliphatic heterocycles. The minimum Gasteiger partial charge on any atom is -0.383 e. The smallest absolute Gasteiger partial charge is 0.239 e. The van der Waals surface area contributed by atoms with Gasteiger partial charge in [-0.25, -0.2) is 0 Å². The van der Waals surface area contributed by atoms with Crippen LogP contribution in [0.15, 0.2) is 35.2 Å². The van der Waals surface area contributed by atoms with Gasteiger partial charge in [0, 0.05) is 30.7 Å². The maximum atomic E-state index is 11.5. The Morgan fingerprint density at radius 3 is 2.60 bits per heavy atom. The van der Waals surface area contributed by atoms with Crippen LogP contribution in [0.4, 0.5) is 0 Å². The van der Waals surface area contributed by atoms with E-state index >= 15 is 0 Å². The number of benzene rings is 1. The van der Waals surface area contributed by atoms with E-state index in [1.807, 2.05) is 30.3 Å². The molecular weight excluding hydrogens is 276 g/mol. The van der Waals surface area contributed by atoms with Gasteiger partial charge in [-0.2, -0.15) is 0 Å². The fourth-order valence-corrected chi connectivity index (χ4v) is 2.27. The molecule has 20 heavy (non-hydrogen) atoms. The first kappa shape index (κ1) is 16.5. The number of thioether (sulfide) groups is 1. The number of carbonyl (C=O) groups excluding carboxylic acids is 2. The van der Waals surface area contributed by atoms with Crippen LogP contribution in [0.2, 0.25) is 0 Å². The van der Waals surface area contributed by atoms with Crippen LogP contribution < -0.4 is 10.6 Å². The Labute approximate surface area is 123 Å². The van der Waals surface area contributed by atoms with Crippen LogP contribution >= 0.6 is 11.8 Å². The molecule has 0 saturated carbocycles. The average molecular weight is 296 g/mol. The molecule has 1 aromatic carbocycles. The molecule has 1 rings (SSSR count). The number of hydrogen-bond donors (Lipinski definition) is 2. The van der Waals surface area contributed by atoms with Gasteiger partial charge in [0.1, 0.15) is 0 Å². The first-order valence-corrected chi connectivity index (χ1v) is 7.41. The van der Waals surface area contributed by atoms with Crippen molar-refractivity contribution in [2.75, 3.05) is 32.6 Å². The van der Waals surface area contributed by atoms with E-state index in [0.29, 0.717) is 25.3 Å². The summed E-state index contributed by atoms with van der Waals surface area (Å²) in [6, 6.07) is 9.90. The standard InChI is InChI=1S/C14H20N2O3S/c1-19-9-8-15-14(18)11-16-13(17)7-10-20-12-5-3-2-4-6-12/h2-6H,7-11H2,1H3,(H,15,18)(H,16,17). The molecule has 6 heteroatoms. The second kappa shape index (κ2) is 10.3. The highest BCUT2D eigenvalue weighted by Crippen LogP contribution is 2.17. The van der Waals surface area contributed by atoms with Gasteiger partial charge in [-0.3, -0.25) is 9.59 Å². The number of rotatable bonds is 9. The summed E-state index contributed by atoms with van der Waals surface area (Å²) in [5.74, 6) is 0.377. The van der Waals surface area contributed by atoms with Crippen molar-refractivity contribution in [2.45, 2.75) is 11.3 Å². The van der Waals surface area contributed by atoms with E-state index in [4.69, 9.17) is 4.74 Å². The van der Waals surface area contributed by atoms with Gasteiger partial charge in [-0.05, 0) is 12.1 Å². The molecule has 0 atom stereocenters. The minimum absolute atomic E-state index is 0.0125. The molecule has 2 N–H and O–H groups in total. The van der Waals surface area contributed by atoms with Crippen molar-refractivity contribution >= 4 is 23.6 Å². The highest BCUT2D eigenvalue weighted by atomic mass is 32.2. The summed E-state index contributed by atoms with van der Waals surface area (Å²) in [6.07, 6.45) is 0.394. The molecule has 110 valence electrons. The van der Waals surface area contributed by atoms with Crippen LogP contribution in [-0.4, -0.2) is 44.4 Å². The second-order valence-electron chi connectivity index (χ2n) is 4.03. The predicted molar refractivity (Wildman–Crippen MR) is 79.7 cm³/mol. The minimum atomic E-state index is -0.203. The number of ether oxygens (including phenoxy) is 1. The molecule has 0 aliphatic carbocycles. The molecule has 0 bridgehead atoms. The maximum Gasteiger partial charge on any atom is 0.239 e. The van der Waals surface area contributed by atoms with Crippen molar-refractivity contribution in [1.29, 1.82) is 0 Å². The first-order chi connectivity index (χ1) is 9.72. The lowest BCUT2D eigenvalue weighted by Crippen LogP contribution is -2.38. The van der Waals surface area contributed by atoms with E-state index in [1.165, 1.54) is 0 Å². The fourth-order valence-electron chi connectivity index (χ4n) is 1.40. The number of nitrogens with one attached hydrogen (secondary N) is 2. The van der Waals surface area contributed by atoms with Crippen molar-refractivity contribution < 1.29 is 14.3 Å². The number of methoxy groups -OCH3 is 1. The summed E-state index contributed by atoms with van der Waals surface area (Å²) in [5, 5.41) is 5.23. The third-order valence-electron chi connectivity index (χ3n) is 2.42. The monoisotopic (exact) mass is 296 g/mol. The fraction of sp³-hybridized carbons (Fsp3) is 0.429. The predicted octanol–water partition coefficient (Wildman–Crippen LogP) is 1.05. The van der Waals surface area contributed by atoms with Crippen molar-refractivity contribution in [2.24, 2.45) is 0 Å². The van der Waals surface area contributed by atoms with Gasteiger partial charge in [0.25, 0.3) is 0 Å². The van der Waals surface area contributed by atoms with Gasteiger partial charge in [0.15, 0.2) is 0 Å². The molecule has 0 fully saturated rings. The zero-order valence-electron chi connectivity index (χ0n) is 11.6. The largest absolute Gasteiger partial charge is 0.383 e. The van der Waals surface area contributed by atoms with Crippen LogP contribution in [0.3, 0.4) is 0 Å². The molecule has 0 radical (unpaired) electrons. The summed E-state index contributed by atoms with van der Waals surface area (Å²) < 4.78 is 4.81. The molecule has 0 aliphatic rings. The summed E-state index contributed by atoms with van der Waals surface area (Å²) >= 11 is 1.62. The Morgan fingerprint density at radius 2 is 1.90 bits per heavy atom. The summed E-state index contributed by atoms with van der Waals surface area (Å²) in [6.45, 7) is 0.932. The van der Waals surface area contributed by atoms with Gasteiger partial charge in [0.05, 0.1) is 13.2 Å². The Kier molecular flexibility index (Phi) is 8.49. The average Bonchev–Trinajstić information content (AvgIpc) is 2.46. The summed E-state index contributed by atoms with van der Waals surface area (Å²) in [4.78, 5) is 24.0. The summed E-state index contributed by atoms with van der Waals surface area (Å²) in [7, 11) is 1.57. The van der Waals surface area contributed by atoms with Gasteiger partial charge in [-0.1, -0.05) is 18.2 Å². The van der Waals surface area contributed by atoms with Crippen molar-refractivity contribution in [1.82, 2.24) is 10.6 Å². The van der Waals surface area contributed by atoms with Gasteiger partial charge in [-0.15, -0.1) is 11.8 Å². The van der Waals surface area contributed by atoms with Gasteiger partial charge in [0.2, 0.25) is 11.8 Å². The Hall–Kier alpha value is -1.53. The highest BCUT2D eigenvalue weighted by Gasteiger charge is 2.05. The molecule has 0 unspecified atom stereocenters. The van der Waals surface area contributed by atoms with Crippen molar-refractivity contribution in [3.05, 3.63) is 30.3 Å². The normalized spacial score (nSPS) is 10.1. The third-order valence-corrected chi connectivity index (χ3v) is 3.43. The molecule has 0 heterocycles. The molecule has 1 aromatic rings. The Morgan fingerprint density at radius 1 is 1.15 bits per heavy atom. The quantitative estimate of drug-likeness (QED) is 0.528. The van der Waals surface area contributed by atoms with Crippen LogP contribution in [0, 0.1) is 0 Å². The van der Waals surface area contributed by atoms with Crippen molar-refractivity contribution in [3.8, 4) is 0 Å². The van der Waals surface area contributed by atoms with Crippen LogP contribution in [0.5, 0.6) is 0 Å². The lowest BCUT2D eigenvalue weighted by molar-refractivity contribution is -0.125. The number of amides is 2. The van der Waals surface area contributed by atoms with Gasteiger partial charge < -0.3 is 15.4 Å². The SMILES string of the molecule is COCCNC(=O)CNC(=O)CCSc1ccccc1. The molecule has 5 nitrogen and oxygen atoms in total. The number of hydrogen-bond acceptors (Lipinski definition) is 4. The third kappa shape index (κ3) is 7.81. The van der Waals surface area contributed by atoms with Crippen LogP contribution in [0.1, 0.15) is 6.42 Å². The van der Waals surface area contributed by atoms with Crippen LogP contribution in [0.25, 0.3) is 0 Å². The van der Waals surface area contributed by atoms with E-state index in [1.54, 1.807) is 18.9 Å². The van der Waals surface area contributed by atoms with Crippen LogP contribution in [-0.2, 0) is 14.3 Å². The Balaban J connectivity index is 2.07. The lowest BCUT2D eigenvalue weighted by atomic mass is 10.4. The second-order valence-corrected chi connectivity index (χ2v) is 5.20. The first-order valence-electron chi connectivity index (χ1n) is 6.42. The van der Waals surface area contributed by atoms with E-state index in [0.717, 1.165) is 4.90 Å². The molecule has 0 spiro atoms. The van der Waals surface area contributed by atoms with E-state index < -0.39 is 0 Å². The molecule has 2 amide bonds. The van der Waals surface area contributed by atoms with E-state index in [9.17, 15) is 9.59 Å².